The maximum atomic E-state index is 13.8. The van der Waals surface area contributed by atoms with Crippen molar-refractivity contribution in [2.24, 2.45) is 0 Å². The van der Waals surface area contributed by atoms with Crippen LogP contribution in [-0.2, 0) is 0 Å². The van der Waals surface area contributed by atoms with Crippen LogP contribution in [0.15, 0.2) is 24.3 Å². The predicted molar refractivity (Wildman–Crippen MR) is 64.3 cm³/mol. The van der Waals surface area contributed by atoms with Gasteiger partial charge in [0, 0.05) is 37.8 Å². The minimum Gasteiger partial charge on any atom is -0.314 e. The van der Waals surface area contributed by atoms with Crippen molar-refractivity contribution in [2.75, 3.05) is 26.2 Å². The van der Waals surface area contributed by atoms with Crippen molar-refractivity contribution in [1.29, 1.82) is 0 Å². The van der Waals surface area contributed by atoms with Crippen LogP contribution >= 0.6 is 0 Å². The molecule has 1 aliphatic heterocycles. The Balaban J connectivity index is 2.25. The van der Waals surface area contributed by atoms with Gasteiger partial charge in [-0.1, -0.05) is 18.2 Å². The van der Waals surface area contributed by atoms with Crippen LogP contribution in [0.25, 0.3) is 0 Å². The Labute approximate surface area is 109 Å². The number of halogens is 4. The summed E-state index contributed by atoms with van der Waals surface area (Å²) in [6.07, 6.45) is -5.33. The Kier molecular flexibility index (Phi) is 4.42. The topological polar surface area (TPSA) is 15.3 Å². The molecule has 0 aromatic heterocycles. The molecule has 1 N–H and O–H groups in total. The summed E-state index contributed by atoms with van der Waals surface area (Å²) in [5, 5.41) is 3.08. The SMILES string of the molecule is Fc1ccccc1[C@@H](CC(F)(F)F)N1CCNCC1. The van der Waals surface area contributed by atoms with E-state index in [4.69, 9.17) is 0 Å². The Morgan fingerprint density at radius 2 is 1.79 bits per heavy atom. The molecule has 0 amide bonds. The molecule has 0 saturated carbocycles. The van der Waals surface area contributed by atoms with E-state index in [0.29, 0.717) is 26.2 Å². The van der Waals surface area contributed by atoms with Crippen molar-refractivity contribution < 1.29 is 17.6 Å². The van der Waals surface area contributed by atoms with E-state index in [1.54, 1.807) is 11.0 Å². The van der Waals surface area contributed by atoms with Crippen molar-refractivity contribution in [3.05, 3.63) is 35.6 Å². The van der Waals surface area contributed by atoms with Gasteiger partial charge in [-0.15, -0.1) is 0 Å². The zero-order chi connectivity index (χ0) is 13.9. The summed E-state index contributed by atoms with van der Waals surface area (Å²) in [6, 6.07) is 4.77. The van der Waals surface area contributed by atoms with E-state index in [0.717, 1.165) is 0 Å². The zero-order valence-corrected chi connectivity index (χ0v) is 10.4. The summed E-state index contributed by atoms with van der Waals surface area (Å²) in [5.74, 6) is -0.574. The highest BCUT2D eigenvalue weighted by Crippen LogP contribution is 2.34. The van der Waals surface area contributed by atoms with Crippen LogP contribution < -0.4 is 5.32 Å². The molecule has 0 aliphatic carbocycles. The van der Waals surface area contributed by atoms with Crippen molar-refractivity contribution in [1.82, 2.24) is 10.2 Å². The first-order valence-electron chi connectivity index (χ1n) is 6.23. The lowest BCUT2D eigenvalue weighted by Gasteiger charge is -2.35. The molecule has 6 heteroatoms. The maximum Gasteiger partial charge on any atom is 0.390 e. The Hall–Kier alpha value is -1.14. The second-order valence-corrected chi connectivity index (χ2v) is 4.64. The Morgan fingerprint density at radius 3 is 2.37 bits per heavy atom. The maximum absolute atomic E-state index is 13.8. The van der Waals surface area contributed by atoms with Crippen LogP contribution in [0.1, 0.15) is 18.0 Å². The van der Waals surface area contributed by atoms with E-state index in [-0.39, 0.29) is 5.56 Å². The molecule has 1 aromatic carbocycles. The third-order valence-electron chi connectivity index (χ3n) is 3.28. The summed E-state index contributed by atoms with van der Waals surface area (Å²) in [4.78, 5) is 1.70. The minimum atomic E-state index is -4.31. The molecule has 19 heavy (non-hydrogen) atoms. The summed E-state index contributed by atoms with van der Waals surface area (Å²) in [6.45, 7) is 2.25. The number of rotatable bonds is 3. The van der Waals surface area contributed by atoms with E-state index in [1.807, 2.05) is 0 Å². The van der Waals surface area contributed by atoms with Gasteiger partial charge >= 0.3 is 6.18 Å². The lowest BCUT2D eigenvalue weighted by atomic mass is 10.0. The van der Waals surface area contributed by atoms with Crippen molar-refractivity contribution in [2.45, 2.75) is 18.6 Å². The van der Waals surface area contributed by atoms with Gasteiger partial charge in [-0.25, -0.2) is 4.39 Å². The number of benzene rings is 1. The third kappa shape index (κ3) is 3.91. The summed E-state index contributed by atoms with van der Waals surface area (Å²) >= 11 is 0. The molecule has 0 spiro atoms. The molecule has 0 bridgehead atoms. The fourth-order valence-corrected chi connectivity index (χ4v) is 2.39. The van der Waals surface area contributed by atoms with Crippen LogP contribution in [0.5, 0.6) is 0 Å². The van der Waals surface area contributed by atoms with E-state index in [9.17, 15) is 17.6 Å². The number of piperazine rings is 1. The van der Waals surface area contributed by atoms with Gasteiger partial charge in [0.05, 0.1) is 6.42 Å². The highest BCUT2D eigenvalue weighted by molar-refractivity contribution is 5.21. The molecule has 1 aliphatic rings. The average Bonchev–Trinajstić information content (AvgIpc) is 2.37. The molecule has 2 nitrogen and oxygen atoms in total. The van der Waals surface area contributed by atoms with E-state index in [1.165, 1.54) is 18.2 Å². The fourth-order valence-electron chi connectivity index (χ4n) is 2.39. The molecule has 0 unspecified atom stereocenters. The van der Waals surface area contributed by atoms with Crippen LogP contribution in [-0.4, -0.2) is 37.3 Å². The summed E-state index contributed by atoms with van der Waals surface area (Å²) in [7, 11) is 0. The lowest BCUT2D eigenvalue weighted by molar-refractivity contribution is -0.149. The smallest absolute Gasteiger partial charge is 0.314 e. The molecule has 1 aromatic rings. The highest BCUT2D eigenvalue weighted by Gasteiger charge is 2.36. The lowest BCUT2D eigenvalue weighted by Crippen LogP contribution is -2.46. The number of hydrogen-bond acceptors (Lipinski definition) is 2. The second kappa shape index (κ2) is 5.88. The highest BCUT2D eigenvalue weighted by atomic mass is 19.4. The monoisotopic (exact) mass is 276 g/mol. The standard InChI is InChI=1S/C13H16F4N2/c14-11-4-2-1-3-10(11)12(9-13(15,16)17)19-7-5-18-6-8-19/h1-4,12,18H,5-9H2/t12-/m1/s1. The molecule has 106 valence electrons. The molecule has 1 fully saturated rings. The first kappa shape index (κ1) is 14.3. The fraction of sp³-hybridized carbons (Fsp3) is 0.538. The largest absolute Gasteiger partial charge is 0.390 e. The number of nitrogens with one attached hydrogen (secondary N) is 1. The summed E-state index contributed by atoms with van der Waals surface area (Å²) < 4.78 is 51.9. The van der Waals surface area contributed by atoms with Crippen molar-refractivity contribution in [3.8, 4) is 0 Å². The third-order valence-corrected chi connectivity index (χ3v) is 3.28. The molecular formula is C13H16F4N2. The van der Waals surface area contributed by atoms with E-state index < -0.39 is 24.5 Å². The summed E-state index contributed by atoms with van der Waals surface area (Å²) in [5.41, 5.74) is 0.127. The normalized spacial score (nSPS) is 19.4. The first-order valence-corrected chi connectivity index (χ1v) is 6.23. The minimum absolute atomic E-state index is 0.127. The molecule has 1 atom stereocenters. The molecular weight excluding hydrogens is 260 g/mol. The van der Waals surface area contributed by atoms with Crippen molar-refractivity contribution in [3.63, 3.8) is 0 Å². The van der Waals surface area contributed by atoms with Crippen LogP contribution in [0, 0.1) is 5.82 Å². The Bertz CT molecular complexity index is 413. The van der Waals surface area contributed by atoms with Gasteiger partial charge in [0.2, 0.25) is 0 Å². The van der Waals surface area contributed by atoms with Gasteiger partial charge in [0.1, 0.15) is 5.82 Å². The molecule has 1 saturated heterocycles. The van der Waals surface area contributed by atoms with Gasteiger partial charge < -0.3 is 5.32 Å². The van der Waals surface area contributed by atoms with Gasteiger partial charge in [-0.05, 0) is 6.07 Å². The zero-order valence-electron chi connectivity index (χ0n) is 10.4. The van der Waals surface area contributed by atoms with Crippen LogP contribution in [0.2, 0.25) is 0 Å². The van der Waals surface area contributed by atoms with E-state index >= 15 is 0 Å². The quantitative estimate of drug-likeness (QED) is 0.854. The average molecular weight is 276 g/mol. The molecule has 2 rings (SSSR count). The number of hydrogen-bond donors (Lipinski definition) is 1. The van der Waals surface area contributed by atoms with E-state index in [2.05, 4.69) is 5.32 Å². The van der Waals surface area contributed by atoms with Crippen LogP contribution in [0.4, 0.5) is 17.6 Å². The van der Waals surface area contributed by atoms with Gasteiger partial charge in [0.15, 0.2) is 0 Å². The van der Waals surface area contributed by atoms with Crippen LogP contribution in [0.3, 0.4) is 0 Å². The van der Waals surface area contributed by atoms with Crippen molar-refractivity contribution >= 4 is 0 Å². The van der Waals surface area contributed by atoms with Gasteiger partial charge in [0.25, 0.3) is 0 Å². The molecule has 0 radical (unpaired) electrons. The number of alkyl halides is 3. The Morgan fingerprint density at radius 1 is 1.16 bits per heavy atom. The van der Waals surface area contributed by atoms with Gasteiger partial charge in [-0.2, -0.15) is 13.2 Å². The second-order valence-electron chi connectivity index (χ2n) is 4.64. The predicted octanol–water partition coefficient (Wildman–Crippen LogP) is 2.72. The number of nitrogens with zero attached hydrogens (tertiary/aromatic N) is 1. The molecule has 1 heterocycles. The van der Waals surface area contributed by atoms with Gasteiger partial charge in [-0.3, -0.25) is 4.90 Å². The first-order chi connectivity index (χ1) is 8.97.